The number of nitrogens with zero attached hydrogens (tertiary/aromatic N) is 1. The van der Waals surface area contributed by atoms with Crippen LogP contribution in [0.5, 0.6) is 0 Å². The summed E-state index contributed by atoms with van der Waals surface area (Å²) in [5.74, 6) is 0. The van der Waals surface area contributed by atoms with Crippen LogP contribution in [-0.4, -0.2) is 30.0 Å². The summed E-state index contributed by atoms with van der Waals surface area (Å²) in [5.41, 5.74) is -0.828. The van der Waals surface area contributed by atoms with E-state index in [-0.39, 0.29) is 11.2 Å². The van der Waals surface area contributed by atoms with Gasteiger partial charge < -0.3 is 9.47 Å². The zero-order valence-corrected chi connectivity index (χ0v) is 10.1. The maximum Gasteiger partial charge on any atom is 0.219 e. The number of nitro groups is 1. The average molecular weight is 231 g/mol. The van der Waals surface area contributed by atoms with E-state index in [0.717, 1.165) is 12.8 Å². The molecule has 0 radical (unpaired) electrons. The average Bonchev–Trinajstić information content (AvgIpc) is 2.76. The van der Waals surface area contributed by atoms with E-state index in [4.69, 9.17) is 9.47 Å². The topological polar surface area (TPSA) is 61.6 Å². The maximum absolute atomic E-state index is 11.1. The minimum Gasteiger partial charge on any atom is -0.350 e. The molecular formula is C11H21NO4. The van der Waals surface area contributed by atoms with Gasteiger partial charge in [0.25, 0.3) is 0 Å². The summed E-state index contributed by atoms with van der Waals surface area (Å²) in [5, 5.41) is 11.1. The lowest BCUT2D eigenvalue weighted by molar-refractivity contribution is -0.568. The van der Waals surface area contributed by atoms with E-state index in [2.05, 4.69) is 0 Å². The molecule has 16 heavy (non-hydrogen) atoms. The van der Waals surface area contributed by atoms with Crippen LogP contribution in [0.2, 0.25) is 0 Å². The number of ether oxygens (including phenoxy) is 2. The molecule has 1 atom stereocenters. The number of unbranched alkanes of at least 4 members (excludes halogenated alkanes) is 1. The Balaban J connectivity index is 2.39. The molecule has 1 rings (SSSR count). The van der Waals surface area contributed by atoms with Crippen LogP contribution < -0.4 is 0 Å². The van der Waals surface area contributed by atoms with Crippen molar-refractivity contribution in [2.75, 3.05) is 13.2 Å². The molecule has 0 aromatic heterocycles. The van der Waals surface area contributed by atoms with Gasteiger partial charge in [0.1, 0.15) is 0 Å². The molecule has 0 aromatic carbocycles. The zero-order valence-electron chi connectivity index (χ0n) is 10.1. The van der Waals surface area contributed by atoms with E-state index in [9.17, 15) is 10.1 Å². The number of hydrogen-bond acceptors (Lipinski definition) is 4. The number of rotatable bonds is 7. The molecule has 1 unspecified atom stereocenters. The molecule has 0 saturated carbocycles. The summed E-state index contributed by atoms with van der Waals surface area (Å²) >= 11 is 0. The van der Waals surface area contributed by atoms with Gasteiger partial charge in [-0.25, -0.2) is 0 Å². The molecule has 1 heterocycles. The molecule has 0 spiro atoms. The summed E-state index contributed by atoms with van der Waals surface area (Å²) < 4.78 is 10.6. The third kappa shape index (κ3) is 3.72. The zero-order chi connectivity index (χ0) is 12.0. The van der Waals surface area contributed by atoms with Gasteiger partial charge in [-0.3, -0.25) is 10.1 Å². The lowest BCUT2D eigenvalue weighted by Gasteiger charge is -2.21. The Morgan fingerprint density at radius 1 is 1.38 bits per heavy atom. The summed E-state index contributed by atoms with van der Waals surface area (Å²) in [6, 6.07) is 0. The van der Waals surface area contributed by atoms with Gasteiger partial charge in [0.2, 0.25) is 5.54 Å². The van der Waals surface area contributed by atoms with Gasteiger partial charge in [-0.2, -0.15) is 0 Å². The highest BCUT2D eigenvalue weighted by atomic mass is 16.7. The van der Waals surface area contributed by atoms with E-state index < -0.39 is 5.54 Å². The summed E-state index contributed by atoms with van der Waals surface area (Å²) in [6.45, 7) is 4.98. The van der Waals surface area contributed by atoms with Crippen molar-refractivity contribution in [3.05, 3.63) is 10.1 Å². The molecule has 1 fully saturated rings. The van der Waals surface area contributed by atoms with Gasteiger partial charge in [0, 0.05) is 31.1 Å². The fourth-order valence-corrected chi connectivity index (χ4v) is 1.87. The largest absolute Gasteiger partial charge is 0.350 e. The van der Waals surface area contributed by atoms with Crippen molar-refractivity contribution in [1.82, 2.24) is 0 Å². The number of hydrogen-bond donors (Lipinski definition) is 0. The van der Waals surface area contributed by atoms with Crippen LogP contribution in [0.4, 0.5) is 0 Å². The third-order valence-electron chi connectivity index (χ3n) is 3.12. The molecule has 0 N–H and O–H groups in total. The van der Waals surface area contributed by atoms with E-state index in [1.165, 1.54) is 0 Å². The molecule has 0 aromatic rings. The van der Waals surface area contributed by atoms with Crippen LogP contribution in [0, 0.1) is 10.1 Å². The van der Waals surface area contributed by atoms with Crippen LogP contribution in [-0.2, 0) is 9.47 Å². The molecule has 1 saturated heterocycles. The first-order chi connectivity index (χ1) is 7.58. The van der Waals surface area contributed by atoms with Crippen molar-refractivity contribution >= 4 is 0 Å². The van der Waals surface area contributed by atoms with Gasteiger partial charge in [-0.1, -0.05) is 13.3 Å². The molecule has 94 valence electrons. The fourth-order valence-electron chi connectivity index (χ4n) is 1.87. The minimum absolute atomic E-state index is 0.155. The van der Waals surface area contributed by atoms with Crippen molar-refractivity contribution in [2.24, 2.45) is 0 Å². The van der Waals surface area contributed by atoms with Crippen molar-refractivity contribution in [3.63, 3.8) is 0 Å². The first-order valence-corrected chi connectivity index (χ1v) is 5.96. The second kappa shape index (κ2) is 6.15. The Morgan fingerprint density at radius 2 is 2.00 bits per heavy atom. The normalized spacial score (nSPS) is 20.9. The van der Waals surface area contributed by atoms with Gasteiger partial charge in [0.15, 0.2) is 6.29 Å². The van der Waals surface area contributed by atoms with Gasteiger partial charge in [0.05, 0.1) is 13.2 Å². The summed E-state index contributed by atoms with van der Waals surface area (Å²) in [6.07, 6.45) is 3.40. The van der Waals surface area contributed by atoms with Crippen LogP contribution in [0.25, 0.3) is 0 Å². The Bertz CT molecular complexity index is 228. The van der Waals surface area contributed by atoms with Crippen LogP contribution in [0.3, 0.4) is 0 Å². The lowest BCUT2D eigenvalue weighted by Crippen LogP contribution is -2.35. The first-order valence-electron chi connectivity index (χ1n) is 5.96. The molecule has 1 aliphatic rings. The SMILES string of the molecule is CCCCC(C)(CCC1OCCO1)[N+](=O)[O-]. The van der Waals surface area contributed by atoms with Gasteiger partial charge in [-0.05, 0) is 6.42 Å². The van der Waals surface area contributed by atoms with Crippen molar-refractivity contribution in [2.45, 2.75) is 57.8 Å². The first kappa shape index (κ1) is 13.4. The highest BCUT2D eigenvalue weighted by Crippen LogP contribution is 2.26. The molecule has 0 amide bonds. The molecule has 0 aliphatic carbocycles. The van der Waals surface area contributed by atoms with Gasteiger partial charge in [-0.15, -0.1) is 0 Å². The van der Waals surface area contributed by atoms with Crippen LogP contribution in [0.15, 0.2) is 0 Å². The predicted octanol–water partition coefficient (Wildman–Crippen LogP) is 2.37. The van der Waals surface area contributed by atoms with Crippen LogP contribution >= 0.6 is 0 Å². The van der Waals surface area contributed by atoms with E-state index in [1.807, 2.05) is 6.92 Å². The van der Waals surface area contributed by atoms with Crippen molar-refractivity contribution in [1.29, 1.82) is 0 Å². The monoisotopic (exact) mass is 231 g/mol. The second-order valence-corrected chi connectivity index (χ2v) is 4.57. The van der Waals surface area contributed by atoms with E-state index >= 15 is 0 Å². The van der Waals surface area contributed by atoms with Crippen molar-refractivity contribution in [3.8, 4) is 0 Å². The summed E-state index contributed by atoms with van der Waals surface area (Å²) in [7, 11) is 0. The van der Waals surface area contributed by atoms with E-state index in [0.29, 0.717) is 32.5 Å². The molecular weight excluding hydrogens is 210 g/mol. The molecule has 0 bridgehead atoms. The predicted molar refractivity (Wildman–Crippen MR) is 59.9 cm³/mol. The smallest absolute Gasteiger partial charge is 0.219 e. The maximum atomic E-state index is 11.1. The Morgan fingerprint density at radius 3 is 2.50 bits per heavy atom. The Kier molecular flexibility index (Phi) is 5.15. The van der Waals surface area contributed by atoms with Crippen molar-refractivity contribution < 1.29 is 14.4 Å². The van der Waals surface area contributed by atoms with Crippen LogP contribution in [0.1, 0.15) is 46.0 Å². The van der Waals surface area contributed by atoms with E-state index in [1.54, 1.807) is 6.92 Å². The highest BCUT2D eigenvalue weighted by Gasteiger charge is 2.37. The Labute approximate surface area is 96.3 Å². The standard InChI is InChI=1S/C11H21NO4/c1-3-4-6-11(2,12(13)14)7-5-10-15-8-9-16-10/h10H,3-9H2,1-2H3. The third-order valence-corrected chi connectivity index (χ3v) is 3.12. The molecule has 1 aliphatic heterocycles. The highest BCUT2D eigenvalue weighted by molar-refractivity contribution is 4.74. The fraction of sp³-hybridized carbons (Fsp3) is 1.00. The van der Waals surface area contributed by atoms with Gasteiger partial charge >= 0.3 is 0 Å². The molecule has 5 nitrogen and oxygen atoms in total. The summed E-state index contributed by atoms with van der Waals surface area (Å²) in [4.78, 5) is 10.9. The lowest BCUT2D eigenvalue weighted by atomic mass is 9.90. The quantitative estimate of drug-likeness (QED) is 0.498. The second-order valence-electron chi connectivity index (χ2n) is 4.57. The molecule has 5 heteroatoms. The minimum atomic E-state index is -0.828. The Hall–Kier alpha value is -0.680.